The number of carbonyl (C=O) groups excluding carboxylic acids is 2. The van der Waals surface area contributed by atoms with Gasteiger partial charge in [-0.15, -0.1) is 0 Å². The van der Waals surface area contributed by atoms with Gasteiger partial charge in [-0.05, 0) is 18.8 Å². The van der Waals surface area contributed by atoms with E-state index in [1.54, 1.807) is 0 Å². The zero-order valence-corrected chi connectivity index (χ0v) is 27.2. The predicted octanol–water partition coefficient (Wildman–Crippen LogP) is -2.08. The van der Waals surface area contributed by atoms with Crippen LogP contribution in [-0.4, -0.2) is 157 Å². The first-order valence-corrected chi connectivity index (χ1v) is 16.2. The number of aliphatic hydroxyl groups is 6. The lowest BCUT2D eigenvalue weighted by atomic mass is 9.97. The third kappa shape index (κ3) is 13.9. The average molecular weight is 669 g/mol. The van der Waals surface area contributed by atoms with Crippen LogP contribution in [0.2, 0.25) is 0 Å². The normalized spacial score (nSPS) is 32.2. The topological polar surface area (TPSA) is 235 Å². The van der Waals surface area contributed by atoms with Crippen molar-refractivity contribution in [2.45, 2.75) is 121 Å². The third-order valence-corrected chi connectivity index (χ3v) is 7.99. The highest BCUT2D eigenvalue weighted by molar-refractivity contribution is 5.73. The number of hydrogen-bond acceptors (Lipinski definition) is 14. The summed E-state index contributed by atoms with van der Waals surface area (Å²) < 4.78 is 33.6. The van der Waals surface area contributed by atoms with Crippen molar-refractivity contribution in [3.8, 4) is 0 Å². The molecule has 6 unspecified atom stereocenters. The molecular formula is C30H56N2O14. The monoisotopic (exact) mass is 668 g/mol. The molecule has 2 aliphatic rings. The van der Waals surface area contributed by atoms with Crippen LogP contribution in [0.3, 0.4) is 0 Å². The number of unbranched alkanes of at least 4 members (excludes halogenated alkanes) is 2. The molecule has 8 N–H and O–H groups in total. The predicted molar refractivity (Wildman–Crippen MR) is 161 cm³/mol. The summed E-state index contributed by atoms with van der Waals surface area (Å²) in [5.41, 5.74) is 0. The molecule has 0 bridgehead atoms. The molecular weight excluding hydrogens is 612 g/mol. The van der Waals surface area contributed by atoms with Crippen molar-refractivity contribution < 1.29 is 68.6 Å². The highest BCUT2D eigenvalue weighted by atomic mass is 16.7. The van der Waals surface area contributed by atoms with Gasteiger partial charge >= 0.3 is 0 Å². The first kappa shape index (κ1) is 40.6. The van der Waals surface area contributed by atoms with E-state index in [1.165, 1.54) is 13.8 Å². The summed E-state index contributed by atoms with van der Waals surface area (Å²) in [7, 11) is 0. The summed E-state index contributed by atoms with van der Waals surface area (Å²) in [5, 5.41) is 64.5. The number of rotatable bonds is 22. The molecule has 0 aromatic carbocycles. The molecule has 46 heavy (non-hydrogen) atoms. The van der Waals surface area contributed by atoms with Gasteiger partial charge in [0.25, 0.3) is 0 Å². The van der Waals surface area contributed by atoms with Crippen molar-refractivity contribution in [1.82, 2.24) is 10.6 Å². The van der Waals surface area contributed by atoms with Gasteiger partial charge in [-0.2, -0.15) is 0 Å². The molecule has 0 radical (unpaired) electrons. The number of carbonyl (C=O) groups is 2. The van der Waals surface area contributed by atoms with E-state index < -0.39 is 86.3 Å². The fourth-order valence-electron chi connectivity index (χ4n) is 5.41. The Morgan fingerprint density at radius 1 is 0.630 bits per heavy atom. The number of nitrogens with one attached hydrogen (secondary N) is 2. The van der Waals surface area contributed by atoms with Crippen LogP contribution in [0.25, 0.3) is 0 Å². The zero-order chi connectivity index (χ0) is 34.1. The van der Waals surface area contributed by atoms with Crippen molar-refractivity contribution in [2.75, 3.05) is 52.9 Å². The molecule has 0 saturated carbocycles. The van der Waals surface area contributed by atoms with Gasteiger partial charge in [0.15, 0.2) is 12.6 Å². The minimum atomic E-state index is -1.36. The molecule has 2 amide bonds. The largest absolute Gasteiger partial charge is 0.394 e. The Bertz CT molecular complexity index is 790. The molecule has 16 nitrogen and oxygen atoms in total. The van der Waals surface area contributed by atoms with E-state index in [0.717, 1.165) is 38.5 Å². The Labute approximate surface area is 270 Å². The Hall–Kier alpha value is -1.54. The summed E-state index contributed by atoms with van der Waals surface area (Å²) >= 11 is 0. The lowest BCUT2D eigenvalue weighted by Gasteiger charge is -2.42. The van der Waals surface area contributed by atoms with Crippen molar-refractivity contribution in [3.05, 3.63) is 0 Å². The Balaban J connectivity index is 1.48. The van der Waals surface area contributed by atoms with Gasteiger partial charge in [0, 0.05) is 27.1 Å². The van der Waals surface area contributed by atoms with E-state index in [0.29, 0.717) is 19.1 Å². The maximum Gasteiger partial charge on any atom is 0.217 e. The van der Waals surface area contributed by atoms with Crippen molar-refractivity contribution >= 4 is 11.8 Å². The molecule has 16 heteroatoms. The van der Waals surface area contributed by atoms with Gasteiger partial charge in [0.2, 0.25) is 11.8 Å². The smallest absolute Gasteiger partial charge is 0.217 e. The lowest BCUT2D eigenvalue weighted by Crippen LogP contribution is -2.64. The van der Waals surface area contributed by atoms with Crippen LogP contribution in [0.15, 0.2) is 0 Å². The van der Waals surface area contributed by atoms with E-state index >= 15 is 0 Å². The van der Waals surface area contributed by atoms with Gasteiger partial charge in [-0.3, -0.25) is 9.59 Å². The quantitative estimate of drug-likeness (QED) is 0.0579. The molecule has 2 fully saturated rings. The van der Waals surface area contributed by atoms with E-state index in [1.807, 2.05) is 0 Å². The van der Waals surface area contributed by atoms with Crippen LogP contribution in [0.4, 0.5) is 0 Å². The van der Waals surface area contributed by atoms with Crippen LogP contribution in [0.5, 0.6) is 0 Å². The standard InChI is InChI=1S/C30H56N2O14/c1-18(8-4-6-10-41-12-14-43-29-23(31-19(2)35)27(39)25(37)21(16-33)45-29)9-5-7-11-42-13-15-44-30-24(32-20(3)36)28(40)26(38)22(17-34)46-30/h18,21-30,33-34,37-40H,4-17H2,1-3H3,(H,31,35)(H,32,36)/t18?,21?,22?,23-,24?,25-,26-,27?,28?,29+,30+/m0/s1. The second-order valence-corrected chi connectivity index (χ2v) is 11.9. The van der Waals surface area contributed by atoms with Crippen LogP contribution < -0.4 is 10.6 Å². The molecule has 2 saturated heterocycles. The van der Waals surface area contributed by atoms with Gasteiger partial charge in [-0.1, -0.05) is 32.6 Å². The summed E-state index contributed by atoms with van der Waals surface area (Å²) in [6.07, 6.45) is -3.58. The number of amides is 2. The molecule has 0 spiro atoms. The van der Waals surface area contributed by atoms with E-state index in [-0.39, 0.29) is 26.4 Å². The van der Waals surface area contributed by atoms with Crippen molar-refractivity contribution in [2.24, 2.45) is 5.92 Å². The number of aliphatic hydroxyl groups excluding tert-OH is 6. The molecule has 2 rings (SSSR count). The Morgan fingerprint density at radius 3 is 1.37 bits per heavy atom. The molecule has 2 aliphatic heterocycles. The second-order valence-electron chi connectivity index (χ2n) is 11.9. The highest BCUT2D eigenvalue weighted by Gasteiger charge is 2.46. The highest BCUT2D eigenvalue weighted by Crippen LogP contribution is 2.23. The summed E-state index contributed by atoms with van der Waals surface area (Å²) in [4.78, 5) is 23.0. The maximum atomic E-state index is 11.5. The fourth-order valence-corrected chi connectivity index (χ4v) is 5.41. The van der Waals surface area contributed by atoms with Crippen LogP contribution in [0, 0.1) is 5.92 Å². The van der Waals surface area contributed by atoms with Crippen LogP contribution in [0.1, 0.15) is 59.3 Å². The van der Waals surface area contributed by atoms with Gasteiger partial charge in [0.05, 0.1) is 39.6 Å². The number of ether oxygens (including phenoxy) is 6. The summed E-state index contributed by atoms with van der Waals surface area (Å²) in [6, 6.07) is -1.95. The summed E-state index contributed by atoms with van der Waals surface area (Å²) in [5.74, 6) is -0.270. The first-order valence-electron chi connectivity index (χ1n) is 16.2. The molecule has 0 aromatic rings. The average Bonchev–Trinajstić information content (AvgIpc) is 3.01. The number of hydrogen-bond donors (Lipinski definition) is 8. The second kappa shape index (κ2) is 22.2. The first-order chi connectivity index (χ1) is 22.0. The lowest BCUT2D eigenvalue weighted by molar-refractivity contribution is -0.272. The van der Waals surface area contributed by atoms with Gasteiger partial charge < -0.3 is 69.7 Å². The van der Waals surface area contributed by atoms with E-state index in [9.17, 15) is 40.2 Å². The summed E-state index contributed by atoms with van der Waals surface area (Å²) in [6.45, 7) is 5.76. The minimum absolute atomic E-state index is 0.149. The van der Waals surface area contributed by atoms with E-state index in [2.05, 4.69) is 17.6 Å². The molecule has 0 aromatic heterocycles. The van der Waals surface area contributed by atoms with Gasteiger partial charge in [-0.25, -0.2) is 0 Å². The minimum Gasteiger partial charge on any atom is -0.394 e. The fraction of sp³-hybridized carbons (Fsp3) is 0.933. The molecule has 2 heterocycles. The van der Waals surface area contributed by atoms with Crippen molar-refractivity contribution in [1.29, 1.82) is 0 Å². The van der Waals surface area contributed by atoms with Crippen LogP contribution >= 0.6 is 0 Å². The molecule has 0 aliphatic carbocycles. The Morgan fingerprint density at radius 2 is 1.02 bits per heavy atom. The zero-order valence-electron chi connectivity index (χ0n) is 27.2. The molecule has 11 atom stereocenters. The van der Waals surface area contributed by atoms with E-state index in [4.69, 9.17) is 28.4 Å². The third-order valence-electron chi connectivity index (χ3n) is 7.99. The Kier molecular flexibility index (Phi) is 19.6. The van der Waals surface area contributed by atoms with Gasteiger partial charge in [0.1, 0.15) is 48.7 Å². The molecule has 270 valence electrons. The van der Waals surface area contributed by atoms with Crippen molar-refractivity contribution in [3.63, 3.8) is 0 Å². The SMILES string of the molecule is CC(=O)NC1C(O)[C@@H](O)C(CO)O[C@H]1OCCOCCCCC(C)CCCCOCCO[C@@H]1OC(CO)[C@H](O)C(O)[C@@H]1NC(C)=O. The maximum absolute atomic E-state index is 11.5. The van der Waals surface area contributed by atoms with Crippen LogP contribution in [-0.2, 0) is 38.0 Å².